The number of rotatable bonds is 6. The lowest BCUT2D eigenvalue weighted by Gasteiger charge is -2.36. The predicted octanol–water partition coefficient (Wildman–Crippen LogP) is 3.74. The van der Waals surface area contributed by atoms with Crippen LogP contribution in [-0.4, -0.2) is 20.7 Å². The van der Waals surface area contributed by atoms with Crippen molar-refractivity contribution in [1.29, 1.82) is 0 Å². The van der Waals surface area contributed by atoms with E-state index >= 15 is 0 Å². The summed E-state index contributed by atoms with van der Waals surface area (Å²) in [6, 6.07) is 2.11. The third-order valence-corrected chi connectivity index (χ3v) is 5.28. The summed E-state index contributed by atoms with van der Waals surface area (Å²) in [4.78, 5) is 0. The summed E-state index contributed by atoms with van der Waals surface area (Å²) >= 11 is 0. The van der Waals surface area contributed by atoms with Crippen molar-refractivity contribution in [3.05, 3.63) is 0 Å². The molecule has 0 amide bonds. The molecule has 0 aliphatic heterocycles. The van der Waals surface area contributed by atoms with Crippen LogP contribution in [0.5, 0.6) is 0 Å². The molecule has 0 aromatic heterocycles. The maximum absolute atomic E-state index is 3.65. The quantitative estimate of drug-likeness (QED) is 0.682. The Hall–Kier alpha value is 0.177. The summed E-state index contributed by atoms with van der Waals surface area (Å²) in [6.07, 6.45) is 2.95. The molecule has 1 atom stereocenters. The SMILES string of the molecule is CC(C)NCC(C)(C[Si](C)(C)C)C1CC1. The number of hydrogen-bond acceptors (Lipinski definition) is 1. The minimum atomic E-state index is -0.927. The van der Waals surface area contributed by atoms with E-state index in [2.05, 4.69) is 45.7 Å². The van der Waals surface area contributed by atoms with Crippen LogP contribution < -0.4 is 5.32 Å². The largest absolute Gasteiger partial charge is 0.314 e. The van der Waals surface area contributed by atoms with E-state index in [1.165, 1.54) is 25.4 Å². The maximum atomic E-state index is 3.65. The summed E-state index contributed by atoms with van der Waals surface area (Å²) in [6.45, 7) is 15.7. The Balaban J connectivity index is 2.53. The summed E-state index contributed by atoms with van der Waals surface area (Å²) < 4.78 is 0. The van der Waals surface area contributed by atoms with Crippen molar-refractivity contribution < 1.29 is 0 Å². The number of nitrogens with one attached hydrogen (secondary N) is 1. The second kappa shape index (κ2) is 4.58. The fourth-order valence-electron chi connectivity index (χ4n) is 2.78. The smallest absolute Gasteiger partial charge is 0.0448 e. The maximum Gasteiger partial charge on any atom is 0.0448 e. The van der Waals surface area contributed by atoms with Gasteiger partial charge in [-0.25, -0.2) is 0 Å². The lowest BCUT2D eigenvalue weighted by molar-refractivity contribution is 0.279. The Bertz CT molecular complexity index is 203. The minimum Gasteiger partial charge on any atom is -0.314 e. The lowest BCUT2D eigenvalue weighted by atomic mass is 9.86. The molecule has 1 aliphatic carbocycles. The first-order valence-corrected chi connectivity index (χ1v) is 10.2. The van der Waals surface area contributed by atoms with Gasteiger partial charge in [-0.1, -0.05) is 46.5 Å². The minimum absolute atomic E-state index is 0.578. The molecule has 2 heteroatoms. The standard InChI is InChI=1S/C13H29NSi/c1-11(2)14-9-13(3,12-7-8-12)10-15(4,5)6/h11-12,14H,7-10H2,1-6H3. The van der Waals surface area contributed by atoms with Crippen LogP contribution in [0.1, 0.15) is 33.6 Å². The van der Waals surface area contributed by atoms with Crippen molar-refractivity contribution in [3.63, 3.8) is 0 Å². The highest BCUT2D eigenvalue weighted by atomic mass is 28.3. The molecule has 0 saturated heterocycles. The Morgan fingerprint density at radius 2 is 1.80 bits per heavy atom. The molecule has 1 aliphatic rings. The molecule has 0 bridgehead atoms. The van der Waals surface area contributed by atoms with Crippen molar-refractivity contribution in [1.82, 2.24) is 5.32 Å². The first-order chi connectivity index (χ1) is 6.73. The van der Waals surface area contributed by atoms with Crippen LogP contribution in [0.15, 0.2) is 0 Å². The van der Waals surface area contributed by atoms with Crippen LogP contribution in [0.25, 0.3) is 0 Å². The van der Waals surface area contributed by atoms with Gasteiger partial charge in [0.15, 0.2) is 0 Å². The third-order valence-electron chi connectivity index (χ3n) is 3.41. The zero-order valence-electron chi connectivity index (χ0n) is 11.5. The monoisotopic (exact) mass is 227 g/mol. The fourth-order valence-corrected chi connectivity index (χ4v) is 5.62. The van der Waals surface area contributed by atoms with E-state index in [-0.39, 0.29) is 0 Å². The Kier molecular flexibility index (Phi) is 4.05. The Morgan fingerprint density at radius 3 is 2.13 bits per heavy atom. The van der Waals surface area contributed by atoms with Crippen LogP contribution in [0.4, 0.5) is 0 Å². The first-order valence-electron chi connectivity index (χ1n) is 6.46. The molecule has 1 fully saturated rings. The van der Waals surface area contributed by atoms with Crippen molar-refractivity contribution in [2.24, 2.45) is 11.3 Å². The molecule has 1 nitrogen and oxygen atoms in total. The van der Waals surface area contributed by atoms with Gasteiger partial charge in [-0.05, 0) is 24.2 Å². The molecule has 1 N–H and O–H groups in total. The van der Waals surface area contributed by atoms with E-state index in [1.54, 1.807) is 0 Å². The van der Waals surface area contributed by atoms with Crippen molar-refractivity contribution in [3.8, 4) is 0 Å². The molecule has 0 radical (unpaired) electrons. The lowest BCUT2D eigenvalue weighted by Crippen LogP contribution is -2.41. The second-order valence-electron chi connectivity index (χ2n) is 7.20. The van der Waals surface area contributed by atoms with Gasteiger partial charge in [0.05, 0.1) is 0 Å². The average molecular weight is 227 g/mol. The first kappa shape index (κ1) is 13.2. The highest BCUT2D eigenvalue weighted by Gasteiger charge is 2.43. The predicted molar refractivity (Wildman–Crippen MR) is 72.1 cm³/mol. The molecular formula is C13H29NSi. The van der Waals surface area contributed by atoms with Crippen molar-refractivity contribution >= 4 is 8.07 Å². The Labute approximate surface area is 97.0 Å². The third kappa shape index (κ3) is 4.69. The molecule has 0 heterocycles. The summed E-state index contributed by atoms with van der Waals surface area (Å²) in [7, 11) is -0.927. The van der Waals surface area contributed by atoms with E-state index in [0.717, 1.165) is 5.92 Å². The number of hydrogen-bond donors (Lipinski definition) is 1. The zero-order valence-corrected chi connectivity index (χ0v) is 12.5. The molecule has 0 aromatic rings. The highest BCUT2D eigenvalue weighted by Crippen LogP contribution is 2.49. The highest BCUT2D eigenvalue weighted by molar-refractivity contribution is 6.76. The van der Waals surface area contributed by atoms with E-state index in [1.807, 2.05) is 0 Å². The van der Waals surface area contributed by atoms with Gasteiger partial charge in [0.2, 0.25) is 0 Å². The van der Waals surface area contributed by atoms with Gasteiger partial charge >= 0.3 is 0 Å². The molecule has 15 heavy (non-hydrogen) atoms. The van der Waals surface area contributed by atoms with E-state index in [4.69, 9.17) is 0 Å². The topological polar surface area (TPSA) is 12.0 Å². The summed E-state index contributed by atoms with van der Waals surface area (Å²) in [5, 5.41) is 3.65. The molecule has 1 unspecified atom stereocenters. The van der Waals surface area contributed by atoms with Gasteiger partial charge in [0.1, 0.15) is 0 Å². The summed E-state index contributed by atoms with van der Waals surface area (Å²) in [5.74, 6) is 1.01. The molecule has 90 valence electrons. The van der Waals surface area contributed by atoms with Gasteiger partial charge in [-0.2, -0.15) is 0 Å². The van der Waals surface area contributed by atoms with Crippen LogP contribution in [0.2, 0.25) is 25.7 Å². The van der Waals surface area contributed by atoms with Gasteiger partial charge in [-0.15, -0.1) is 0 Å². The van der Waals surface area contributed by atoms with Crippen molar-refractivity contribution in [2.45, 2.75) is 65.3 Å². The van der Waals surface area contributed by atoms with Gasteiger partial charge < -0.3 is 5.32 Å². The second-order valence-corrected chi connectivity index (χ2v) is 12.7. The van der Waals surface area contributed by atoms with Crippen LogP contribution in [0.3, 0.4) is 0 Å². The van der Waals surface area contributed by atoms with Gasteiger partial charge in [0.25, 0.3) is 0 Å². The van der Waals surface area contributed by atoms with Crippen molar-refractivity contribution in [2.75, 3.05) is 6.54 Å². The summed E-state index contributed by atoms with van der Waals surface area (Å²) in [5.41, 5.74) is 0.578. The van der Waals surface area contributed by atoms with Gasteiger partial charge in [0, 0.05) is 20.7 Å². The molecule has 0 spiro atoms. The normalized spacial score (nSPS) is 21.8. The molecular weight excluding hydrogens is 198 g/mol. The van der Waals surface area contributed by atoms with Gasteiger partial charge in [-0.3, -0.25) is 0 Å². The average Bonchev–Trinajstić information content (AvgIpc) is 2.79. The molecule has 0 aromatic carbocycles. The van der Waals surface area contributed by atoms with Crippen LogP contribution >= 0.6 is 0 Å². The van der Waals surface area contributed by atoms with E-state index in [9.17, 15) is 0 Å². The van der Waals surface area contributed by atoms with Crippen LogP contribution in [0, 0.1) is 11.3 Å². The zero-order chi connectivity index (χ0) is 11.7. The van der Waals surface area contributed by atoms with E-state index < -0.39 is 8.07 Å². The fraction of sp³-hybridized carbons (Fsp3) is 1.00. The van der Waals surface area contributed by atoms with E-state index in [0.29, 0.717) is 11.5 Å². The van der Waals surface area contributed by atoms with Crippen LogP contribution in [-0.2, 0) is 0 Å². The Morgan fingerprint density at radius 1 is 1.27 bits per heavy atom. The molecule has 1 saturated carbocycles. The molecule has 1 rings (SSSR count).